The summed E-state index contributed by atoms with van der Waals surface area (Å²) in [6, 6.07) is 15.5. The lowest BCUT2D eigenvalue weighted by molar-refractivity contribution is -0.297. The zero-order valence-corrected chi connectivity index (χ0v) is 19.7. The molecule has 1 aromatic heterocycles. The number of carboxylic acid groups (broad SMARTS) is 1. The summed E-state index contributed by atoms with van der Waals surface area (Å²) in [5, 5.41) is 47.9. The van der Waals surface area contributed by atoms with Gasteiger partial charge in [0, 0.05) is 15.6 Å². The molecular formula is C23H21BrN4O7. The Morgan fingerprint density at radius 1 is 1.09 bits per heavy atom. The van der Waals surface area contributed by atoms with Crippen molar-refractivity contribution in [3.63, 3.8) is 0 Å². The molecule has 4 N–H and O–H groups in total. The Hall–Kier alpha value is -3.00. The molecule has 35 heavy (non-hydrogen) atoms. The van der Waals surface area contributed by atoms with Crippen LogP contribution in [0.2, 0.25) is 0 Å². The summed E-state index contributed by atoms with van der Waals surface area (Å²) < 4.78 is 13.5. The van der Waals surface area contributed by atoms with Gasteiger partial charge >= 0.3 is 5.97 Å². The highest BCUT2D eigenvalue weighted by Gasteiger charge is 2.47. The predicted octanol–water partition coefficient (Wildman–Crippen LogP) is 0.790. The molecule has 11 nitrogen and oxygen atoms in total. The number of benzene rings is 2. The van der Waals surface area contributed by atoms with Crippen LogP contribution in [0.1, 0.15) is 22.8 Å². The molecule has 1 saturated heterocycles. The van der Waals surface area contributed by atoms with Gasteiger partial charge in [-0.05, 0) is 18.2 Å². The van der Waals surface area contributed by atoms with Crippen molar-refractivity contribution >= 4 is 27.6 Å². The quantitative estimate of drug-likeness (QED) is 0.364. The molecule has 2 aliphatic heterocycles. The highest BCUT2D eigenvalue weighted by molar-refractivity contribution is 9.10. The second-order valence-corrected chi connectivity index (χ2v) is 9.02. The first-order valence-corrected chi connectivity index (χ1v) is 11.5. The van der Waals surface area contributed by atoms with E-state index in [1.54, 1.807) is 4.57 Å². The lowest BCUT2D eigenvalue weighted by Crippen LogP contribution is -2.60. The largest absolute Gasteiger partial charge is 0.479 e. The van der Waals surface area contributed by atoms with Gasteiger partial charge < -0.3 is 29.9 Å². The van der Waals surface area contributed by atoms with Gasteiger partial charge in [0.05, 0.1) is 11.4 Å². The first-order chi connectivity index (χ1) is 16.8. The molecule has 3 aromatic rings. The average molecular weight is 545 g/mol. The number of halogens is 1. The number of aliphatic hydroxyl groups excluding tert-OH is 3. The summed E-state index contributed by atoms with van der Waals surface area (Å²) in [7, 11) is 0. The Bertz CT molecular complexity index is 1280. The molecule has 1 fully saturated rings. The molecule has 5 atom stereocenters. The Kier molecular flexibility index (Phi) is 6.49. The summed E-state index contributed by atoms with van der Waals surface area (Å²) in [5.74, 6) is -0.572. The van der Waals surface area contributed by atoms with Gasteiger partial charge in [-0.25, -0.2) is 4.79 Å². The van der Waals surface area contributed by atoms with Gasteiger partial charge in [-0.3, -0.25) is 9.56 Å². The van der Waals surface area contributed by atoms with E-state index in [0.29, 0.717) is 11.6 Å². The number of carboxylic acids is 1. The normalized spacial score (nSPS) is 25.8. The summed E-state index contributed by atoms with van der Waals surface area (Å²) in [6.45, 7) is 0.0259. The topological polar surface area (TPSA) is 160 Å². The van der Waals surface area contributed by atoms with Crippen LogP contribution >= 0.6 is 15.9 Å². The fourth-order valence-electron chi connectivity index (χ4n) is 4.14. The van der Waals surface area contributed by atoms with Crippen LogP contribution in [0.3, 0.4) is 0 Å². The highest BCUT2D eigenvalue weighted by atomic mass is 79.9. The fourth-order valence-corrected chi connectivity index (χ4v) is 4.51. The van der Waals surface area contributed by atoms with Gasteiger partial charge in [-0.2, -0.15) is 0 Å². The molecule has 0 aliphatic carbocycles. The average Bonchev–Trinajstić information content (AvgIpc) is 3.18. The minimum Gasteiger partial charge on any atom is -0.479 e. The van der Waals surface area contributed by atoms with Crippen LogP contribution in [0.15, 0.2) is 58.0 Å². The molecule has 2 aliphatic rings. The van der Waals surface area contributed by atoms with E-state index in [2.05, 4.69) is 26.1 Å². The number of fused-ring (bicyclic) bond motifs is 3. The number of nitrogens with zero attached hydrogens (tertiary/aromatic N) is 4. The van der Waals surface area contributed by atoms with Crippen molar-refractivity contribution in [2.24, 2.45) is 4.99 Å². The number of carbonyl (C=O) groups is 1. The standard InChI is InChI=1S/C23H21BrN4O7/c24-12-6-7-14-13(8-12)17(11-4-2-1-3-5-11)25-9-15-26-27-16(28(14)15)10-34-23-20(31)18(29)19(30)21(35-23)22(32)33/h1-8,18-21,23,29-31H,9-10H2,(H,32,33)/t18-,19-,20+,21-,23+/m0/s1. The Balaban J connectivity index is 1.46. The monoisotopic (exact) mass is 544 g/mol. The predicted molar refractivity (Wildman–Crippen MR) is 124 cm³/mol. The molecule has 0 bridgehead atoms. The van der Waals surface area contributed by atoms with Crippen molar-refractivity contribution in [1.82, 2.24) is 14.8 Å². The Labute approximate surface area is 207 Å². The molecule has 0 saturated carbocycles. The third-order valence-electron chi connectivity index (χ3n) is 5.87. The van der Waals surface area contributed by atoms with Crippen molar-refractivity contribution in [3.8, 4) is 5.69 Å². The highest BCUT2D eigenvalue weighted by Crippen LogP contribution is 2.29. The molecule has 0 amide bonds. The molecule has 5 rings (SSSR count). The maximum atomic E-state index is 11.4. The summed E-state index contributed by atoms with van der Waals surface area (Å²) >= 11 is 3.53. The van der Waals surface area contributed by atoms with E-state index in [-0.39, 0.29) is 13.2 Å². The lowest BCUT2D eigenvalue weighted by atomic mass is 9.99. The minimum atomic E-state index is -1.80. The van der Waals surface area contributed by atoms with Gasteiger partial charge in [0.15, 0.2) is 24.0 Å². The van der Waals surface area contributed by atoms with E-state index in [9.17, 15) is 25.2 Å². The molecule has 182 valence electrons. The molecule has 12 heteroatoms. The van der Waals surface area contributed by atoms with Crippen molar-refractivity contribution in [2.45, 2.75) is 43.9 Å². The van der Waals surface area contributed by atoms with Crippen LogP contribution in [0.4, 0.5) is 0 Å². The Morgan fingerprint density at radius 3 is 2.60 bits per heavy atom. The summed E-state index contributed by atoms with van der Waals surface area (Å²) in [4.78, 5) is 16.1. The molecule has 0 unspecified atom stereocenters. The van der Waals surface area contributed by atoms with Crippen LogP contribution in [-0.2, 0) is 27.4 Å². The first kappa shape index (κ1) is 23.7. The van der Waals surface area contributed by atoms with Gasteiger partial charge in [0.25, 0.3) is 0 Å². The van der Waals surface area contributed by atoms with E-state index in [1.807, 2.05) is 48.5 Å². The molecule has 3 heterocycles. The molecule has 2 aromatic carbocycles. The van der Waals surface area contributed by atoms with Crippen molar-refractivity contribution < 1.29 is 34.7 Å². The van der Waals surface area contributed by atoms with Gasteiger partial charge in [-0.15, -0.1) is 10.2 Å². The SMILES string of the molecule is O=C(O)[C@H]1O[C@@H](OCc2nnc3n2-c2ccc(Br)cc2C(c2ccccc2)=NC3)[C@H](O)[C@@H](O)[C@@H]1O. The van der Waals surface area contributed by atoms with Gasteiger partial charge in [0.2, 0.25) is 0 Å². The van der Waals surface area contributed by atoms with Gasteiger partial charge in [0.1, 0.15) is 31.5 Å². The zero-order valence-electron chi connectivity index (χ0n) is 18.1. The summed E-state index contributed by atoms with van der Waals surface area (Å²) in [5.41, 5.74) is 3.32. The van der Waals surface area contributed by atoms with E-state index in [1.165, 1.54) is 0 Å². The smallest absolute Gasteiger partial charge is 0.335 e. The number of aliphatic hydroxyl groups is 3. The van der Waals surface area contributed by atoms with Crippen LogP contribution in [0.25, 0.3) is 5.69 Å². The molecule has 0 radical (unpaired) electrons. The van der Waals surface area contributed by atoms with Crippen molar-refractivity contribution in [2.75, 3.05) is 0 Å². The number of ether oxygens (including phenoxy) is 2. The number of rotatable bonds is 5. The van der Waals surface area contributed by atoms with Crippen LogP contribution < -0.4 is 0 Å². The fraction of sp³-hybridized carbons (Fsp3) is 0.304. The molecule has 0 spiro atoms. The second-order valence-electron chi connectivity index (χ2n) is 8.11. The van der Waals surface area contributed by atoms with E-state index in [0.717, 1.165) is 27.0 Å². The van der Waals surface area contributed by atoms with E-state index < -0.39 is 36.7 Å². The molecular weight excluding hydrogens is 524 g/mol. The number of hydrogen-bond donors (Lipinski definition) is 4. The number of aromatic nitrogens is 3. The zero-order chi connectivity index (χ0) is 24.7. The third-order valence-corrected chi connectivity index (χ3v) is 6.36. The Morgan fingerprint density at radius 2 is 1.86 bits per heavy atom. The minimum absolute atomic E-state index is 0.222. The second kappa shape index (κ2) is 9.57. The maximum Gasteiger partial charge on any atom is 0.335 e. The number of aliphatic carboxylic acids is 1. The number of aliphatic imine (C=N–C) groups is 1. The van der Waals surface area contributed by atoms with Crippen LogP contribution in [0, 0.1) is 0 Å². The van der Waals surface area contributed by atoms with E-state index in [4.69, 9.17) is 14.5 Å². The first-order valence-electron chi connectivity index (χ1n) is 10.7. The number of hydrogen-bond acceptors (Lipinski definition) is 9. The van der Waals surface area contributed by atoms with Crippen LogP contribution in [-0.4, -0.2) is 77.6 Å². The lowest BCUT2D eigenvalue weighted by Gasteiger charge is -2.38. The third kappa shape index (κ3) is 4.40. The van der Waals surface area contributed by atoms with E-state index >= 15 is 0 Å². The summed E-state index contributed by atoms with van der Waals surface area (Å²) in [6.07, 6.45) is -8.48. The maximum absolute atomic E-state index is 11.4. The van der Waals surface area contributed by atoms with Crippen molar-refractivity contribution in [3.05, 3.63) is 75.8 Å². The van der Waals surface area contributed by atoms with Crippen molar-refractivity contribution in [1.29, 1.82) is 0 Å². The van der Waals surface area contributed by atoms with Crippen LogP contribution in [0.5, 0.6) is 0 Å². The van der Waals surface area contributed by atoms with Gasteiger partial charge in [-0.1, -0.05) is 46.3 Å².